The van der Waals surface area contributed by atoms with Crippen molar-refractivity contribution >= 4 is 23.4 Å². The zero-order valence-electron chi connectivity index (χ0n) is 15.5. The minimum absolute atomic E-state index is 0.264. The lowest BCUT2D eigenvalue weighted by Gasteiger charge is -2.36. The first-order chi connectivity index (χ1) is 12.6. The van der Waals surface area contributed by atoms with Gasteiger partial charge in [0, 0.05) is 52.4 Å². The molecule has 10 heteroatoms. The highest BCUT2D eigenvalue weighted by molar-refractivity contribution is 5.75. The molecule has 0 aliphatic carbocycles. The van der Waals surface area contributed by atoms with E-state index < -0.39 is 0 Å². The van der Waals surface area contributed by atoms with Crippen molar-refractivity contribution in [2.45, 2.75) is 6.92 Å². The van der Waals surface area contributed by atoms with E-state index in [0.717, 1.165) is 26.2 Å². The summed E-state index contributed by atoms with van der Waals surface area (Å²) in [6.45, 7) is 8.52. The summed E-state index contributed by atoms with van der Waals surface area (Å²) in [5, 5.41) is 2.13. The molecule has 0 unspecified atom stereocenters. The summed E-state index contributed by atoms with van der Waals surface area (Å²) in [6.07, 6.45) is 1.27. The molecule has 2 saturated heterocycles. The van der Waals surface area contributed by atoms with Gasteiger partial charge < -0.3 is 30.6 Å². The number of nitrogen functional groups attached to an aromatic ring is 1. The number of hydrogen-bond acceptors (Lipinski definition) is 9. The van der Waals surface area contributed by atoms with Gasteiger partial charge in [0.25, 0.3) is 0 Å². The maximum atomic E-state index is 11.8. The zero-order valence-corrected chi connectivity index (χ0v) is 15.5. The van der Waals surface area contributed by atoms with Crippen LogP contribution in [0.4, 0.5) is 22.1 Å². The van der Waals surface area contributed by atoms with E-state index in [-0.39, 0.29) is 6.09 Å². The number of aromatic nitrogens is 2. The predicted octanol–water partition coefficient (Wildman–Crippen LogP) is -0.0884. The molecule has 0 bridgehead atoms. The molecular formula is C16H28N8O2. The molecule has 10 nitrogen and oxygen atoms in total. The SMILES string of the molecule is CCOC(=O)N1CCN(c2ncnc(NN3CCN(C)CC3)c2N)CC1. The van der Waals surface area contributed by atoms with Gasteiger partial charge in [-0.25, -0.2) is 19.8 Å². The number of carbonyl (C=O) groups excluding carboxylic acids is 1. The fourth-order valence-corrected chi connectivity index (χ4v) is 3.11. The first-order valence-corrected chi connectivity index (χ1v) is 9.05. The average Bonchev–Trinajstić information content (AvgIpc) is 2.66. The number of likely N-dealkylation sites (N-methyl/N-ethyl adjacent to an activating group) is 1. The molecule has 3 rings (SSSR count). The standard InChI is InChI=1S/C16H28N8O2/c1-3-26-16(25)23-8-6-22(7-9-23)15-13(17)14(18-12-19-15)20-24-10-4-21(2)5-11-24/h12H,3-11,17H2,1-2H3,(H,18,19,20). The maximum Gasteiger partial charge on any atom is 0.409 e. The molecule has 3 N–H and O–H groups in total. The van der Waals surface area contributed by atoms with Crippen molar-refractivity contribution in [1.29, 1.82) is 0 Å². The summed E-state index contributed by atoms with van der Waals surface area (Å²) >= 11 is 0. The molecule has 1 aromatic rings. The number of hydrogen-bond donors (Lipinski definition) is 2. The van der Waals surface area contributed by atoms with Crippen molar-refractivity contribution in [3.05, 3.63) is 6.33 Å². The summed E-state index contributed by atoms with van der Waals surface area (Å²) in [5.41, 5.74) is 10.2. The Labute approximate surface area is 153 Å². The maximum absolute atomic E-state index is 11.8. The van der Waals surface area contributed by atoms with Crippen LogP contribution in [0.5, 0.6) is 0 Å². The van der Waals surface area contributed by atoms with E-state index in [9.17, 15) is 4.79 Å². The van der Waals surface area contributed by atoms with Crippen LogP contribution in [0, 0.1) is 0 Å². The number of amides is 1. The van der Waals surface area contributed by atoms with Gasteiger partial charge in [-0.3, -0.25) is 0 Å². The van der Waals surface area contributed by atoms with Crippen LogP contribution in [0.1, 0.15) is 6.92 Å². The smallest absolute Gasteiger partial charge is 0.409 e. The number of nitrogens with two attached hydrogens (primary N) is 1. The second kappa shape index (κ2) is 8.37. The highest BCUT2D eigenvalue weighted by Crippen LogP contribution is 2.27. The number of rotatable bonds is 4. The third-order valence-electron chi connectivity index (χ3n) is 4.74. The average molecular weight is 364 g/mol. The van der Waals surface area contributed by atoms with Crippen molar-refractivity contribution in [3.63, 3.8) is 0 Å². The Morgan fingerprint density at radius 2 is 1.85 bits per heavy atom. The molecule has 0 spiro atoms. The fourth-order valence-electron chi connectivity index (χ4n) is 3.11. The highest BCUT2D eigenvalue weighted by Gasteiger charge is 2.25. The van der Waals surface area contributed by atoms with Crippen molar-refractivity contribution in [2.75, 3.05) is 82.1 Å². The number of nitrogens with zero attached hydrogens (tertiary/aromatic N) is 6. The minimum Gasteiger partial charge on any atom is -0.450 e. The third kappa shape index (κ3) is 4.25. The van der Waals surface area contributed by atoms with Crippen LogP contribution in [-0.4, -0.2) is 96.9 Å². The van der Waals surface area contributed by atoms with Crippen LogP contribution >= 0.6 is 0 Å². The van der Waals surface area contributed by atoms with Crippen molar-refractivity contribution in [3.8, 4) is 0 Å². The second-order valence-electron chi connectivity index (χ2n) is 6.53. The van der Waals surface area contributed by atoms with Crippen LogP contribution in [0.15, 0.2) is 6.33 Å². The molecule has 144 valence electrons. The van der Waals surface area contributed by atoms with E-state index in [1.54, 1.807) is 4.90 Å². The Morgan fingerprint density at radius 3 is 2.50 bits per heavy atom. The van der Waals surface area contributed by atoms with Crippen LogP contribution in [0.2, 0.25) is 0 Å². The first-order valence-electron chi connectivity index (χ1n) is 9.05. The number of piperazine rings is 2. The normalized spacial score (nSPS) is 19.5. The molecule has 0 aromatic carbocycles. The van der Waals surface area contributed by atoms with Crippen LogP contribution in [-0.2, 0) is 4.74 Å². The molecule has 1 amide bonds. The second-order valence-corrected chi connectivity index (χ2v) is 6.53. The van der Waals surface area contributed by atoms with Gasteiger partial charge in [-0.2, -0.15) is 0 Å². The summed E-state index contributed by atoms with van der Waals surface area (Å²) in [4.78, 5) is 26.6. The summed E-state index contributed by atoms with van der Waals surface area (Å²) in [6, 6.07) is 0. The van der Waals surface area contributed by atoms with Crippen molar-refractivity contribution in [1.82, 2.24) is 24.8 Å². The minimum atomic E-state index is -0.264. The first kappa shape index (κ1) is 18.5. The van der Waals surface area contributed by atoms with Gasteiger partial charge in [-0.15, -0.1) is 0 Å². The molecule has 0 saturated carbocycles. The van der Waals surface area contributed by atoms with Gasteiger partial charge in [0.1, 0.15) is 12.0 Å². The van der Waals surface area contributed by atoms with E-state index in [4.69, 9.17) is 10.5 Å². The third-order valence-corrected chi connectivity index (χ3v) is 4.74. The van der Waals surface area contributed by atoms with Gasteiger partial charge in [0.15, 0.2) is 11.6 Å². The van der Waals surface area contributed by atoms with Gasteiger partial charge in [0.2, 0.25) is 0 Å². The fraction of sp³-hybridized carbons (Fsp3) is 0.688. The van der Waals surface area contributed by atoms with E-state index in [1.165, 1.54) is 6.33 Å². The van der Waals surface area contributed by atoms with E-state index in [0.29, 0.717) is 50.1 Å². The van der Waals surface area contributed by atoms with Gasteiger partial charge in [-0.1, -0.05) is 0 Å². The topological polar surface area (TPSA) is 103 Å². The number of hydrazine groups is 1. The predicted molar refractivity (Wildman–Crippen MR) is 99.9 cm³/mol. The lowest BCUT2D eigenvalue weighted by molar-refractivity contribution is 0.105. The van der Waals surface area contributed by atoms with E-state index >= 15 is 0 Å². The molecular weight excluding hydrogens is 336 g/mol. The van der Waals surface area contributed by atoms with E-state index in [2.05, 4.69) is 37.3 Å². The molecule has 2 aliphatic heterocycles. The Balaban J connectivity index is 1.62. The number of nitrogens with one attached hydrogen (secondary N) is 1. The number of ether oxygens (including phenoxy) is 1. The number of anilines is 3. The highest BCUT2D eigenvalue weighted by atomic mass is 16.6. The molecule has 2 fully saturated rings. The molecule has 0 atom stereocenters. The Hall–Kier alpha value is -2.33. The largest absolute Gasteiger partial charge is 0.450 e. The van der Waals surface area contributed by atoms with Crippen LogP contribution < -0.4 is 16.1 Å². The zero-order chi connectivity index (χ0) is 18.5. The van der Waals surface area contributed by atoms with Crippen LogP contribution in [0.25, 0.3) is 0 Å². The van der Waals surface area contributed by atoms with Gasteiger partial charge in [-0.05, 0) is 14.0 Å². The lowest BCUT2D eigenvalue weighted by Crippen LogP contribution is -2.49. The quantitative estimate of drug-likeness (QED) is 0.759. The Bertz CT molecular complexity index is 612. The van der Waals surface area contributed by atoms with Gasteiger partial charge in [0.05, 0.1) is 6.61 Å². The monoisotopic (exact) mass is 364 g/mol. The van der Waals surface area contributed by atoms with Gasteiger partial charge >= 0.3 is 6.09 Å². The molecule has 26 heavy (non-hydrogen) atoms. The summed E-state index contributed by atoms with van der Waals surface area (Å²) in [5.74, 6) is 1.34. The molecule has 1 aromatic heterocycles. The summed E-state index contributed by atoms with van der Waals surface area (Å²) < 4.78 is 5.06. The van der Waals surface area contributed by atoms with Crippen LogP contribution in [0.3, 0.4) is 0 Å². The Kier molecular flexibility index (Phi) is 5.94. The Morgan fingerprint density at radius 1 is 1.15 bits per heavy atom. The molecule has 3 heterocycles. The summed E-state index contributed by atoms with van der Waals surface area (Å²) in [7, 11) is 2.12. The van der Waals surface area contributed by atoms with Crippen molar-refractivity contribution in [2.24, 2.45) is 0 Å². The lowest BCUT2D eigenvalue weighted by atomic mass is 10.3. The number of carbonyl (C=O) groups is 1. The van der Waals surface area contributed by atoms with E-state index in [1.807, 2.05) is 6.92 Å². The molecule has 0 radical (unpaired) electrons. The van der Waals surface area contributed by atoms with Crippen molar-refractivity contribution < 1.29 is 9.53 Å². The molecule has 2 aliphatic rings.